The van der Waals surface area contributed by atoms with E-state index in [1.807, 2.05) is 0 Å². The minimum Gasteiger partial charge on any atom is -0.452 e. The molecular weight excluding hydrogens is 371 g/mol. The van der Waals surface area contributed by atoms with Crippen molar-refractivity contribution in [1.29, 1.82) is 0 Å². The summed E-state index contributed by atoms with van der Waals surface area (Å²) in [6.45, 7) is 3.69. The molecule has 0 aliphatic rings. The smallest absolute Gasteiger partial charge is 0.339 e. The van der Waals surface area contributed by atoms with Gasteiger partial charge < -0.3 is 15.0 Å². The van der Waals surface area contributed by atoms with Crippen LogP contribution >= 0.6 is 15.9 Å². The van der Waals surface area contributed by atoms with Gasteiger partial charge in [-0.25, -0.2) is 9.18 Å². The first-order valence-corrected chi connectivity index (χ1v) is 7.85. The number of ether oxygens (including phenoxy) is 1. The number of amides is 2. The number of esters is 1. The Morgan fingerprint density at radius 3 is 2.57 bits per heavy atom. The second-order valence-corrected chi connectivity index (χ2v) is 5.42. The number of benzene rings is 1. The standard InChI is InChI=1S/C15H18BrFN2O4/c1-3-18-13(20)8-19(4-2)14(21)9-23-15(22)11-6-5-10(17)7-12(11)16/h5-7H,3-4,8-9H2,1-2H3,(H,18,20). The molecule has 23 heavy (non-hydrogen) atoms. The Bertz CT molecular complexity index is 595. The predicted octanol–water partition coefficient (Wildman–Crippen LogP) is 1.73. The van der Waals surface area contributed by atoms with E-state index in [2.05, 4.69) is 21.2 Å². The summed E-state index contributed by atoms with van der Waals surface area (Å²) in [6, 6.07) is 3.51. The maximum Gasteiger partial charge on any atom is 0.339 e. The fraction of sp³-hybridized carbons (Fsp3) is 0.400. The molecule has 0 heterocycles. The van der Waals surface area contributed by atoms with Gasteiger partial charge in [0.25, 0.3) is 5.91 Å². The van der Waals surface area contributed by atoms with E-state index < -0.39 is 24.3 Å². The van der Waals surface area contributed by atoms with Crippen LogP contribution in [0.15, 0.2) is 22.7 Å². The Hall–Kier alpha value is -1.96. The molecule has 6 nitrogen and oxygen atoms in total. The molecule has 1 aromatic carbocycles. The minimum atomic E-state index is -0.751. The zero-order valence-corrected chi connectivity index (χ0v) is 14.5. The van der Waals surface area contributed by atoms with Crippen molar-refractivity contribution in [3.05, 3.63) is 34.1 Å². The van der Waals surface area contributed by atoms with Crippen LogP contribution in [-0.2, 0) is 14.3 Å². The van der Waals surface area contributed by atoms with Crippen molar-refractivity contribution in [2.75, 3.05) is 26.2 Å². The van der Waals surface area contributed by atoms with Crippen LogP contribution in [0, 0.1) is 5.82 Å². The average Bonchev–Trinajstić information content (AvgIpc) is 2.50. The second-order valence-electron chi connectivity index (χ2n) is 4.56. The molecule has 1 rings (SSSR count). The van der Waals surface area contributed by atoms with Gasteiger partial charge in [-0.05, 0) is 48.0 Å². The topological polar surface area (TPSA) is 75.7 Å². The summed E-state index contributed by atoms with van der Waals surface area (Å²) < 4.78 is 18.1. The summed E-state index contributed by atoms with van der Waals surface area (Å²) in [5, 5.41) is 2.59. The van der Waals surface area contributed by atoms with Crippen LogP contribution in [0.25, 0.3) is 0 Å². The molecule has 0 atom stereocenters. The number of rotatable bonds is 7. The fourth-order valence-electron chi connectivity index (χ4n) is 1.75. The lowest BCUT2D eigenvalue weighted by Crippen LogP contribution is -2.42. The molecular formula is C15H18BrFN2O4. The Kier molecular flexibility index (Phi) is 7.67. The third kappa shape index (κ3) is 5.97. The Morgan fingerprint density at radius 1 is 1.30 bits per heavy atom. The molecule has 0 unspecified atom stereocenters. The number of carbonyl (C=O) groups is 3. The van der Waals surface area contributed by atoms with Crippen molar-refractivity contribution in [2.24, 2.45) is 0 Å². The van der Waals surface area contributed by atoms with E-state index in [-0.39, 0.29) is 22.5 Å². The summed E-state index contributed by atoms with van der Waals surface area (Å²) in [5.74, 6) is -2.01. The van der Waals surface area contributed by atoms with Gasteiger partial charge in [0.2, 0.25) is 5.91 Å². The molecule has 0 radical (unpaired) electrons. The molecule has 0 fully saturated rings. The van der Waals surface area contributed by atoms with Crippen molar-refractivity contribution in [2.45, 2.75) is 13.8 Å². The van der Waals surface area contributed by atoms with Crippen molar-refractivity contribution >= 4 is 33.7 Å². The number of halogens is 2. The molecule has 0 saturated heterocycles. The molecule has 0 spiro atoms. The van der Waals surface area contributed by atoms with Crippen molar-refractivity contribution in [3.63, 3.8) is 0 Å². The van der Waals surface area contributed by atoms with E-state index in [1.165, 1.54) is 11.0 Å². The molecule has 1 aromatic rings. The Balaban J connectivity index is 2.59. The van der Waals surface area contributed by atoms with Crippen LogP contribution in [0.3, 0.4) is 0 Å². The Labute approximate surface area is 142 Å². The first-order valence-electron chi connectivity index (χ1n) is 7.05. The summed E-state index contributed by atoms with van der Waals surface area (Å²) in [4.78, 5) is 36.7. The number of nitrogens with one attached hydrogen (secondary N) is 1. The van der Waals surface area contributed by atoms with E-state index in [9.17, 15) is 18.8 Å². The molecule has 0 aliphatic carbocycles. The lowest BCUT2D eigenvalue weighted by Gasteiger charge is -2.20. The first-order chi connectivity index (χ1) is 10.9. The van der Waals surface area contributed by atoms with E-state index >= 15 is 0 Å². The summed E-state index contributed by atoms with van der Waals surface area (Å²) in [5.41, 5.74) is 0.117. The molecule has 0 bridgehead atoms. The maximum atomic E-state index is 13.0. The zero-order valence-electron chi connectivity index (χ0n) is 12.9. The second kappa shape index (κ2) is 9.24. The lowest BCUT2D eigenvalue weighted by molar-refractivity contribution is -0.138. The van der Waals surface area contributed by atoms with Crippen LogP contribution in [-0.4, -0.2) is 48.9 Å². The highest BCUT2D eigenvalue weighted by atomic mass is 79.9. The molecule has 0 aromatic heterocycles. The van der Waals surface area contributed by atoms with Gasteiger partial charge in [-0.2, -0.15) is 0 Å². The number of hydrogen-bond donors (Lipinski definition) is 1. The SMILES string of the molecule is CCNC(=O)CN(CC)C(=O)COC(=O)c1ccc(F)cc1Br. The number of carbonyl (C=O) groups excluding carboxylic acids is 3. The molecule has 0 aliphatic heterocycles. The number of nitrogens with zero attached hydrogens (tertiary/aromatic N) is 1. The lowest BCUT2D eigenvalue weighted by atomic mass is 10.2. The van der Waals surface area contributed by atoms with Gasteiger partial charge in [0.1, 0.15) is 5.82 Å². The van der Waals surface area contributed by atoms with Crippen LogP contribution in [0.1, 0.15) is 24.2 Å². The number of hydrogen-bond acceptors (Lipinski definition) is 4. The number of likely N-dealkylation sites (N-methyl/N-ethyl adjacent to an activating group) is 2. The molecule has 0 saturated carbocycles. The van der Waals surface area contributed by atoms with Gasteiger partial charge in [0, 0.05) is 17.6 Å². The van der Waals surface area contributed by atoms with Gasteiger partial charge >= 0.3 is 5.97 Å². The first kappa shape index (κ1) is 19.1. The van der Waals surface area contributed by atoms with Gasteiger partial charge in [0.05, 0.1) is 12.1 Å². The van der Waals surface area contributed by atoms with Gasteiger partial charge in [0.15, 0.2) is 6.61 Å². The van der Waals surface area contributed by atoms with Crippen LogP contribution in [0.5, 0.6) is 0 Å². The van der Waals surface area contributed by atoms with Crippen molar-refractivity contribution in [3.8, 4) is 0 Å². The highest BCUT2D eigenvalue weighted by molar-refractivity contribution is 9.10. The summed E-state index contributed by atoms with van der Waals surface area (Å²) in [7, 11) is 0. The highest BCUT2D eigenvalue weighted by Gasteiger charge is 2.18. The zero-order chi connectivity index (χ0) is 17.4. The van der Waals surface area contributed by atoms with E-state index in [0.29, 0.717) is 13.1 Å². The molecule has 1 N–H and O–H groups in total. The quantitative estimate of drug-likeness (QED) is 0.721. The largest absolute Gasteiger partial charge is 0.452 e. The maximum absolute atomic E-state index is 13.0. The third-order valence-corrected chi connectivity index (χ3v) is 3.58. The average molecular weight is 389 g/mol. The monoisotopic (exact) mass is 388 g/mol. The van der Waals surface area contributed by atoms with E-state index in [1.54, 1.807) is 13.8 Å². The van der Waals surface area contributed by atoms with E-state index in [0.717, 1.165) is 12.1 Å². The van der Waals surface area contributed by atoms with Gasteiger partial charge in [-0.15, -0.1) is 0 Å². The predicted molar refractivity (Wildman–Crippen MR) is 85.3 cm³/mol. The van der Waals surface area contributed by atoms with Crippen LogP contribution < -0.4 is 5.32 Å². The fourth-order valence-corrected chi connectivity index (χ4v) is 2.27. The Morgan fingerprint density at radius 2 is 2.00 bits per heavy atom. The van der Waals surface area contributed by atoms with Gasteiger partial charge in [-0.3, -0.25) is 9.59 Å². The molecule has 8 heteroatoms. The van der Waals surface area contributed by atoms with Gasteiger partial charge in [-0.1, -0.05) is 0 Å². The van der Waals surface area contributed by atoms with Crippen molar-refractivity contribution < 1.29 is 23.5 Å². The van der Waals surface area contributed by atoms with E-state index in [4.69, 9.17) is 4.74 Å². The minimum absolute atomic E-state index is 0.0963. The van der Waals surface area contributed by atoms with Crippen LogP contribution in [0.4, 0.5) is 4.39 Å². The highest BCUT2D eigenvalue weighted by Crippen LogP contribution is 2.18. The van der Waals surface area contributed by atoms with Crippen molar-refractivity contribution in [1.82, 2.24) is 10.2 Å². The third-order valence-electron chi connectivity index (χ3n) is 2.92. The summed E-state index contributed by atoms with van der Waals surface area (Å²) >= 11 is 3.06. The normalized spacial score (nSPS) is 10.1. The summed E-state index contributed by atoms with van der Waals surface area (Å²) in [6.07, 6.45) is 0. The molecule has 126 valence electrons. The van der Waals surface area contributed by atoms with Crippen LogP contribution in [0.2, 0.25) is 0 Å². The molecule has 2 amide bonds.